The molecule has 0 saturated carbocycles. The number of nitrogens with one attached hydrogen (secondary N) is 1. The Labute approximate surface area is 158 Å². The van der Waals surface area contributed by atoms with E-state index in [4.69, 9.17) is 23.2 Å². The Bertz CT molecular complexity index is 743. The smallest absolute Gasteiger partial charge is 0.225 e. The summed E-state index contributed by atoms with van der Waals surface area (Å²) in [4.78, 5) is 14.7. The normalized spacial score (nSPS) is 17.6. The lowest BCUT2D eigenvalue weighted by Gasteiger charge is -2.26. The molecule has 5 heteroatoms. The van der Waals surface area contributed by atoms with E-state index in [9.17, 15) is 4.79 Å². The summed E-state index contributed by atoms with van der Waals surface area (Å²) in [6.45, 7) is 3.91. The molecular formula is C20H22Cl2N2O. The Morgan fingerprint density at radius 3 is 2.60 bits per heavy atom. The fourth-order valence-corrected chi connectivity index (χ4v) is 3.96. The van der Waals surface area contributed by atoms with Crippen molar-refractivity contribution < 1.29 is 4.79 Å². The second-order valence-corrected chi connectivity index (χ2v) is 7.26. The van der Waals surface area contributed by atoms with Crippen LogP contribution in [0.15, 0.2) is 42.5 Å². The van der Waals surface area contributed by atoms with Crippen molar-refractivity contribution in [3.63, 3.8) is 0 Å². The fourth-order valence-electron chi connectivity index (χ4n) is 3.47. The van der Waals surface area contributed by atoms with E-state index in [1.807, 2.05) is 0 Å². The van der Waals surface area contributed by atoms with Crippen LogP contribution < -0.4 is 5.32 Å². The lowest BCUT2D eigenvalue weighted by molar-refractivity contribution is -0.116. The van der Waals surface area contributed by atoms with Gasteiger partial charge in [0.05, 0.1) is 15.7 Å². The van der Waals surface area contributed by atoms with Crippen molar-refractivity contribution in [1.82, 2.24) is 4.90 Å². The SMILES string of the molecule is Cc1ccccc1C1CCCN1CCC(=O)Nc1c(Cl)cccc1Cl. The van der Waals surface area contributed by atoms with Crippen molar-refractivity contribution in [1.29, 1.82) is 0 Å². The number of rotatable bonds is 5. The minimum atomic E-state index is -0.0644. The zero-order chi connectivity index (χ0) is 17.8. The highest BCUT2D eigenvalue weighted by Gasteiger charge is 2.27. The molecule has 1 aliphatic heterocycles. The molecule has 1 aliphatic rings. The molecule has 0 aromatic heterocycles. The van der Waals surface area contributed by atoms with E-state index < -0.39 is 0 Å². The van der Waals surface area contributed by atoms with E-state index in [0.717, 1.165) is 25.9 Å². The number of benzene rings is 2. The molecule has 1 saturated heterocycles. The lowest BCUT2D eigenvalue weighted by atomic mass is 9.99. The number of carbonyl (C=O) groups is 1. The minimum Gasteiger partial charge on any atom is -0.324 e. The number of amides is 1. The van der Waals surface area contributed by atoms with Gasteiger partial charge in [-0.2, -0.15) is 0 Å². The zero-order valence-electron chi connectivity index (χ0n) is 14.3. The van der Waals surface area contributed by atoms with Crippen LogP contribution in [0, 0.1) is 6.92 Å². The van der Waals surface area contributed by atoms with Gasteiger partial charge in [-0.25, -0.2) is 0 Å². The van der Waals surface area contributed by atoms with Gasteiger partial charge in [0.15, 0.2) is 0 Å². The highest BCUT2D eigenvalue weighted by atomic mass is 35.5. The van der Waals surface area contributed by atoms with E-state index >= 15 is 0 Å². The molecule has 1 amide bonds. The summed E-state index contributed by atoms with van der Waals surface area (Å²) in [5, 5.41) is 3.76. The Balaban J connectivity index is 1.61. The van der Waals surface area contributed by atoms with Gasteiger partial charge < -0.3 is 5.32 Å². The first-order chi connectivity index (χ1) is 12.1. The summed E-state index contributed by atoms with van der Waals surface area (Å²) in [6.07, 6.45) is 2.73. The molecule has 1 atom stereocenters. The van der Waals surface area contributed by atoms with Crippen LogP contribution in [0.5, 0.6) is 0 Å². The van der Waals surface area contributed by atoms with Crippen molar-refractivity contribution in [2.24, 2.45) is 0 Å². The average Bonchev–Trinajstić information content (AvgIpc) is 3.05. The van der Waals surface area contributed by atoms with Crippen molar-refractivity contribution in [2.75, 3.05) is 18.4 Å². The summed E-state index contributed by atoms with van der Waals surface area (Å²) < 4.78 is 0. The molecule has 0 aliphatic carbocycles. The largest absolute Gasteiger partial charge is 0.324 e. The van der Waals surface area contributed by atoms with Crippen LogP contribution in [-0.4, -0.2) is 23.9 Å². The van der Waals surface area contributed by atoms with E-state index in [0.29, 0.717) is 28.2 Å². The first-order valence-electron chi connectivity index (χ1n) is 8.59. The van der Waals surface area contributed by atoms with Gasteiger partial charge in [-0.3, -0.25) is 9.69 Å². The molecule has 25 heavy (non-hydrogen) atoms. The monoisotopic (exact) mass is 376 g/mol. The van der Waals surface area contributed by atoms with E-state index in [1.54, 1.807) is 18.2 Å². The van der Waals surface area contributed by atoms with Gasteiger partial charge in [-0.05, 0) is 49.6 Å². The molecule has 1 unspecified atom stereocenters. The van der Waals surface area contributed by atoms with Gasteiger partial charge in [-0.1, -0.05) is 53.5 Å². The summed E-state index contributed by atoms with van der Waals surface area (Å²) in [5.41, 5.74) is 3.17. The number of carbonyl (C=O) groups excluding carboxylic acids is 1. The second kappa shape index (κ2) is 8.22. The molecule has 3 nitrogen and oxygen atoms in total. The number of hydrogen-bond donors (Lipinski definition) is 1. The first-order valence-corrected chi connectivity index (χ1v) is 9.35. The van der Waals surface area contributed by atoms with Gasteiger partial charge >= 0.3 is 0 Å². The first kappa shape index (κ1) is 18.2. The third-order valence-corrected chi connectivity index (χ3v) is 5.39. The molecule has 132 valence electrons. The Morgan fingerprint density at radius 2 is 1.88 bits per heavy atom. The predicted molar refractivity (Wildman–Crippen MR) is 104 cm³/mol. The Kier molecular flexibility index (Phi) is 6.00. The maximum Gasteiger partial charge on any atom is 0.225 e. The minimum absolute atomic E-state index is 0.0644. The summed E-state index contributed by atoms with van der Waals surface area (Å²) >= 11 is 12.2. The van der Waals surface area contributed by atoms with Gasteiger partial charge in [0.1, 0.15) is 0 Å². The van der Waals surface area contributed by atoms with E-state index in [2.05, 4.69) is 41.4 Å². The van der Waals surface area contributed by atoms with Crippen molar-refractivity contribution in [2.45, 2.75) is 32.2 Å². The second-order valence-electron chi connectivity index (χ2n) is 6.45. The number of halogens is 2. The lowest BCUT2D eigenvalue weighted by Crippen LogP contribution is -2.28. The molecule has 2 aromatic rings. The van der Waals surface area contributed by atoms with Gasteiger partial charge in [-0.15, -0.1) is 0 Å². The molecule has 1 heterocycles. The molecule has 0 bridgehead atoms. The van der Waals surface area contributed by atoms with Crippen LogP contribution in [0.4, 0.5) is 5.69 Å². The molecule has 1 N–H and O–H groups in total. The fraction of sp³-hybridized carbons (Fsp3) is 0.350. The summed E-state index contributed by atoms with van der Waals surface area (Å²) in [6, 6.07) is 14.1. The van der Waals surface area contributed by atoms with Crippen LogP contribution in [0.3, 0.4) is 0 Å². The van der Waals surface area contributed by atoms with E-state index in [-0.39, 0.29) is 5.91 Å². The Morgan fingerprint density at radius 1 is 1.16 bits per heavy atom. The van der Waals surface area contributed by atoms with Crippen molar-refractivity contribution in [3.8, 4) is 0 Å². The van der Waals surface area contributed by atoms with E-state index in [1.165, 1.54) is 11.1 Å². The Hall–Kier alpha value is -1.55. The molecule has 3 rings (SSSR count). The van der Waals surface area contributed by atoms with Crippen LogP contribution in [0.2, 0.25) is 10.0 Å². The molecule has 0 spiro atoms. The number of likely N-dealkylation sites (tertiary alicyclic amines) is 1. The third-order valence-electron chi connectivity index (χ3n) is 4.76. The number of aryl methyl sites for hydroxylation is 1. The van der Waals surface area contributed by atoms with Gasteiger partial charge in [0.25, 0.3) is 0 Å². The zero-order valence-corrected chi connectivity index (χ0v) is 15.8. The molecule has 2 aromatic carbocycles. The molecule has 1 fully saturated rings. The third kappa shape index (κ3) is 4.35. The standard InChI is InChI=1S/C20H22Cl2N2O/c1-14-6-2-3-7-15(14)18-10-5-12-24(18)13-11-19(25)23-20-16(21)8-4-9-17(20)22/h2-4,6-9,18H,5,10-13H2,1H3,(H,23,25). The number of anilines is 1. The van der Waals surface area contributed by atoms with Crippen LogP contribution in [-0.2, 0) is 4.79 Å². The molecule has 0 radical (unpaired) electrons. The van der Waals surface area contributed by atoms with Gasteiger partial charge in [0.2, 0.25) is 5.91 Å². The number of hydrogen-bond acceptors (Lipinski definition) is 2. The average molecular weight is 377 g/mol. The quantitative estimate of drug-likeness (QED) is 0.750. The maximum absolute atomic E-state index is 12.3. The highest BCUT2D eigenvalue weighted by Crippen LogP contribution is 2.34. The van der Waals surface area contributed by atoms with Crippen LogP contribution >= 0.6 is 23.2 Å². The molecular weight excluding hydrogens is 355 g/mol. The topological polar surface area (TPSA) is 32.3 Å². The van der Waals surface area contributed by atoms with Crippen LogP contribution in [0.25, 0.3) is 0 Å². The maximum atomic E-state index is 12.3. The van der Waals surface area contributed by atoms with Crippen molar-refractivity contribution >= 4 is 34.8 Å². The predicted octanol–water partition coefficient (Wildman–Crippen LogP) is 5.47. The summed E-state index contributed by atoms with van der Waals surface area (Å²) in [5.74, 6) is -0.0644. The highest BCUT2D eigenvalue weighted by molar-refractivity contribution is 6.39. The number of para-hydroxylation sites is 1. The number of nitrogens with zero attached hydrogens (tertiary/aromatic N) is 1. The van der Waals surface area contributed by atoms with Gasteiger partial charge in [0, 0.05) is 19.0 Å². The van der Waals surface area contributed by atoms with Crippen molar-refractivity contribution in [3.05, 3.63) is 63.6 Å². The van der Waals surface area contributed by atoms with Crippen LogP contribution in [0.1, 0.15) is 36.4 Å². The summed E-state index contributed by atoms with van der Waals surface area (Å²) in [7, 11) is 0.